The average molecular weight is 380 g/mol. The quantitative estimate of drug-likeness (QED) is 0.648. The Bertz CT molecular complexity index is 774. The third kappa shape index (κ3) is 4.47. The first-order valence-electron chi connectivity index (χ1n) is 7.77. The van der Waals surface area contributed by atoms with Gasteiger partial charge in [-0.05, 0) is 12.1 Å². The summed E-state index contributed by atoms with van der Waals surface area (Å²) in [6.45, 7) is -0.414. The van der Waals surface area contributed by atoms with Gasteiger partial charge in [-0.3, -0.25) is 4.79 Å². The van der Waals surface area contributed by atoms with E-state index in [-0.39, 0.29) is 37.0 Å². The molecule has 1 aliphatic heterocycles. The highest BCUT2D eigenvalue weighted by molar-refractivity contribution is 6.03. The molecule has 0 bridgehead atoms. The van der Waals surface area contributed by atoms with Crippen molar-refractivity contribution in [3.05, 3.63) is 29.5 Å². The number of benzene rings is 1. The summed E-state index contributed by atoms with van der Waals surface area (Å²) in [5.41, 5.74) is 5.58. The monoisotopic (exact) mass is 380 g/mol. The minimum Gasteiger partial charge on any atom is -0.493 e. The van der Waals surface area contributed by atoms with E-state index < -0.39 is 17.8 Å². The lowest BCUT2D eigenvalue weighted by atomic mass is 10.1. The van der Waals surface area contributed by atoms with Crippen molar-refractivity contribution < 1.29 is 38.1 Å². The van der Waals surface area contributed by atoms with Crippen LogP contribution in [0, 0.1) is 0 Å². The number of rotatable bonds is 7. The first-order chi connectivity index (χ1) is 12.9. The summed E-state index contributed by atoms with van der Waals surface area (Å²) in [6.07, 6.45) is 0. The summed E-state index contributed by atoms with van der Waals surface area (Å²) in [5, 5.41) is 0. The number of carbonyl (C=O) groups is 3. The van der Waals surface area contributed by atoms with E-state index in [9.17, 15) is 14.4 Å². The Labute approximate surface area is 155 Å². The molecule has 10 nitrogen and oxygen atoms in total. The Balaban J connectivity index is 2.46. The number of esters is 2. The summed E-state index contributed by atoms with van der Waals surface area (Å²) < 4.78 is 25.5. The predicted octanol–water partition coefficient (Wildman–Crippen LogP) is -0.0465. The molecule has 1 heterocycles. The number of hydrogen-bond donors (Lipinski definition) is 1. The molecule has 1 amide bonds. The molecule has 0 unspecified atom stereocenters. The third-order valence-electron chi connectivity index (χ3n) is 3.66. The highest BCUT2D eigenvalue weighted by Crippen LogP contribution is 2.34. The van der Waals surface area contributed by atoms with Crippen LogP contribution in [-0.4, -0.2) is 59.1 Å². The number of primary amides is 1. The zero-order valence-electron chi connectivity index (χ0n) is 15.1. The van der Waals surface area contributed by atoms with Crippen molar-refractivity contribution in [1.29, 1.82) is 0 Å². The fourth-order valence-electron chi connectivity index (χ4n) is 2.44. The molecule has 1 aliphatic rings. The lowest BCUT2D eigenvalue weighted by Gasteiger charge is -2.31. The van der Waals surface area contributed by atoms with Crippen molar-refractivity contribution in [2.75, 3.05) is 46.2 Å². The standard InChI is InChI=1S/C17H20N2O8/c1-23-13-6-10(4-5-12(13)27-8-14(18)20)19-9-26-7-11(16(21)24-2)15(19)17(22)25-3/h4-6H,7-9H2,1-3H3,(H2,18,20). The molecule has 0 atom stereocenters. The number of carbonyl (C=O) groups excluding carboxylic acids is 3. The molecule has 0 spiro atoms. The summed E-state index contributed by atoms with van der Waals surface area (Å²) in [5.74, 6) is -1.47. The first kappa shape index (κ1) is 20.0. The molecule has 1 aromatic rings. The third-order valence-corrected chi connectivity index (χ3v) is 3.66. The number of amides is 1. The minimum absolute atomic E-state index is 0.00320. The van der Waals surface area contributed by atoms with Gasteiger partial charge in [0.1, 0.15) is 12.4 Å². The Morgan fingerprint density at radius 1 is 1.11 bits per heavy atom. The highest BCUT2D eigenvalue weighted by Gasteiger charge is 2.32. The van der Waals surface area contributed by atoms with Crippen molar-refractivity contribution >= 4 is 23.5 Å². The number of nitrogens with two attached hydrogens (primary N) is 1. The number of nitrogens with zero attached hydrogens (tertiary/aromatic N) is 1. The lowest BCUT2D eigenvalue weighted by molar-refractivity contribution is -0.140. The van der Waals surface area contributed by atoms with Crippen LogP contribution >= 0.6 is 0 Å². The molecule has 2 N–H and O–H groups in total. The summed E-state index contributed by atoms with van der Waals surface area (Å²) in [7, 11) is 3.83. The second-order valence-electron chi connectivity index (χ2n) is 5.31. The number of methoxy groups -OCH3 is 3. The molecule has 0 saturated heterocycles. The van der Waals surface area contributed by atoms with Crippen LogP contribution in [0.1, 0.15) is 0 Å². The van der Waals surface area contributed by atoms with Gasteiger partial charge >= 0.3 is 11.9 Å². The molecule has 0 aromatic heterocycles. The van der Waals surface area contributed by atoms with Gasteiger partial charge in [-0.2, -0.15) is 0 Å². The molecule has 27 heavy (non-hydrogen) atoms. The van der Waals surface area contributed by atoms with E-state index in [1.807, 2.05) is 0 Å². The SMILES string of the molecule is COC(=O)C1=C(C(=O)OC)N(c2ccc(OCC(N)=O)c(OC)c2)COC1. The molecule has 146 valence electrons. The molecule has 10 heteroatoms. The van der Waals surface area contributed by atoms with Gasteiger partial charge in [0.2, 0.25) is 0 Å². The number of ether oxygens (including phenoxy) is 5. The van der Waals surface area contributed by atoms with Crippen LogP contribution in [0.25, 0.3) is 0 Å². The second-order valence-corrected chi connectivity index (χ2v) is 5.31. The second kappa shape index (κ2) is 8.90. The molecule has 0 radical (unpaired) electrons. The van der Waals surface area contributed by atoms with Crippen LogP contribution in [0.2, 0.25) is 0 Å². The Morgan fingerprint density at radius 3 is 2.41 bits per heavy atom. The molecule has 0 aliphatic carbocycles. The molecular formula is C17H20N2O8. The van der Waals surface area contributed by atoms with E-state index >= 15 is 0 Å². The molecule has 2 rings (SSSR count). The van der Waals surface area contributed by atoms with E-state index in [1.165, 1.54) is 26.2 Å². The van der Waals surface area contributed by atoms with Crippen LogP contribution in [0.3, 0.4) is 0 Å². The highest BCUT2D eigenvalue weighted by atomic mass is 16.5. The number of hydrogen-bond acceptors (Lipinski definition) is 9. The van der Waals surface area contributed by atoms with E-state index in [2.05, 4.69) is 0 Å². The van der Waals surface area contributed by atoms with Crippen LogP contribution in [0.5, 0.6) is 11.5 Å². The fraction of sp³-hybridized carbons (Fsp3) is 0.353. The maximum Gasteiger partial charge on any atom is 0.355 e. The molecular weight excluding hydrogens is 360 g/mol. The lowest BCUT2D eigenvalue weighted by Crippen LogP contribution is -2.38. The predicted molar refractivity (Wildman–Crippen MR) is 92.0 cm³/mol. The van der Waals surface area contributed by atoms with Crippen molar-refractivity contribution in [1.82, 2.24) is 0 Å². The number of anilines is 1. The van der Waals surface area contributed by atoms with Gasteiger partial charge in [0.25, 0.3) is 5.91 Å². The van der Waals surface area contributed by atoms with Crippen LogP contribution in [0.15, 0.2) is 29.5 Å². The van der Waals surface area contributed by atoms with E-state index in [4.69, 9.17) is 29.4 Å². The normalized spacial score (nSPS) is 13.8. The molecule has 0 saturated carbocycles. The van der Waals surface area contributed by atoms with Gasteiger partial charge in [0.05, 0.1) is 33.5 Å². The van der Waals surface area contributed by atoms with E-state index in [0.717, 1.165) is 0 Å². The van der Waals surface area contributed by atoms with Crippen LogP contribution in [-0.2, 0) is 28.6 Å². The van der Waals surface area contributed by atoms with Gasteiger partial charge in [-0.25, -0.2) is 9.59 Å². The Hall–Kier alpha value is -3.27. The first-order valence-corrected chi connectivity index (χ1v) is 7.77. The van der Waals surface area contributed by atoms with Crippen molar-refractivity contribution in [3.8, 4) is 11.5 Å². The molecule has 1 aromatic carbocycles. The van der Waals surface area contributed by atoms with Crippen LogP contribution < -0.4 is 20.1 Å². The Morgan fingerprint density at radius 2 is 1.81 bits per heavy atom. The van der Waals surface area contributed by atoms with Crippen LogP contribution in [0.4, 0.5) is 5.69 Å². The van der Waals surface area contributed by atoms with Crippen molar-refractivity contribution in [2.24, 2.45) is 5.73 Å². The minimum atomic E-state index is -0.716. The van der Waals surface area contributed by atoms with Gasteiger partial charge in [-0.1, -0.05) is 0 Å². The van der Waals surface area contributed by atoms with Gasteiger partial charge < -0.3 is 34.3 Å². The largest absolute Gasteiger partial charge is 0.493 e. The van der Waals surface area contributed by atoms with E-state index in [1.54, 1.807) is 18.2 Å². The summed E-state index contributed by atoms with van der Waals surface area (Å²) in [4.78, 5) is 36.6. The zero-order valence-corrected chi connectivity index (χ0v) is 15.1. The average Bonchev–Trinajstić information content (AvgIpc) is 2.70. The smallest absolute Gasteiger partial charge is 0.355 e. The zero-order chi connectivity index (χ0) is 20.0. The fourth-order valence-corrected chi connectivity index (χ4v) is 2.44. The van der Waals surface area contributed by atoms with E-state index in [0.29, 0.717) is 11.4 Å². The maximum absolute atomic E-state index is 12.3. The maximum atomic E-state index is 12.3. The Kier molecular flexibility index (Phi) is 6.61. The van der Waals surface area contributed by atoms with Gasteiger partial charge in [-0.15, -0.1) is 0 Å². The summed E-state index contributed by atoms with van der Waals surface area (Å²) >= 11 is 0. The van der Waals surface area contributed by atoms with Crippen molar-refractivity contribution in [2.45, 2.75) is 0 Å². The topological polar surface area (TPSA) is 127 Å². The van der Waals surface area contributed by atoms with Gasteiger partial charge in [0, 0.05) is 11.8 Å². The van der Waals surface area contributed by atoms with Gasteiger partial charge in [0.15, 0.2) is 18.1 Å². The van der Waals surface area contributed by atoms with Crippen molar-refractivity contribution in [3.63, 3.8) is 0 Å². The summed E-state index contributed by atoms with van der Waals surface area (Å²) in [6, 6.07) is 4.70. The molecule has 0 fully saturated rings.